The molecule has 0 aliphatic carbocycles. The molecule has 2 aromatic heterocycles. The van der Waals surface area contributed by atoms with Crippen LogP contribution in [0.1, 0.15) is 0 Å². The van der Waals surface area contributed by atoms with E-state index in [1.54, 1.807) is 36.9 Å². The van der Waals surface area contributed by atoms with E-state index in [1.807, 2.05) is 0 Å². The number of rotatable bonds is 1. The van der Waals surface area contributed by atoms with E-state index >= 15 is 0 Å². The third kappa shape index (κ3) is 1.46. The molecule has 0 atom stereocenters. The van der Waals surface area contributed by atoms with E-state index in [0.717, 1.165) is 0 Å². The highest BCUT2D eigenvalue weighted by atomic mass is 16.1. The van der Waals surface area contributed by atoms with Gasteiger partial charge in [-0.2, -0.15) is 0 Å². The molecule has 2 rings (SSSR count). The van der Waals surface area contributed by atoms with Gasteiger partial charge in [-0.25, -0.2) is 4.98 Å². The molecule has 0 N–H and O–H groups in total. The van der Waals surface area contributed by atoms with E-state index in [4.69, 9.17) is 0 Å². The zero-order valence-electron chi connectivity index (χ0n) is 6.79. The van der Waals surface area contributed by atoms with E-state index < -0.39 is 0 Å². The molecule has 0 unspecified atom stereocenters. The van der Waals surface area contributed by atoms with Crippen molar-refractivity contribution in [2.75, 3.05) is 0 Å². The Morgan fingerprint density at radius 3 is 2.85 bits per heavy atom. The largest absolute Gasteiger partial charge is 0.269 e. The van der Waals surface area contributed by atoms with Crippen molar-refractivity contribution in [3.63, 3.8) is 0 Å². The highest BCUT2D eigenvalue weighted by Gasteiger charge is 1.96. The van der Waals surface area contributed by atoms with Gasteiger partial charge in [0.25, 0.3) is 5.56 Å². The summed E-state index contributed by atoms with van der Waals surface area (Å²) in [7, 11) is 0. The van der Waals surface area contributed by atoms with Gasteiger partial charge in [0, 0.05) is 24.7 Å². The van der Waals surface area contributed by atoms with Crippen LogP contribution in [-0.2, 0) is 0 Å². The van der Waals surface area contributed by atoms with Gasteiger partial charge >= 0.3 is 0 Å². The fourth-order valence-corrected chi connectivity index (χ4v) is 1.03. The molecule has 0 aliphatic heterocycles. The molecule has 0 fully saturated rings. The van der Waals surface area contributed by atoms with Crippen LogP contribution < -0.4 is 5.56 Å². The molecule has 0 aliphatic rings. The summed E-state index contributed by atoms with van der Waals surface area (Å²) >= 11 is 0. The molecule has 0 saturated carbocycles. The molecular formula is C9H7N3O. The third-order valence-electron chi connectivity index (χ3n) is 1.62. The molecule has 2 aromatic rings. The van der Waals surface area contributed by atoms with Crippen molar-refractivity contribution in [1.29, 1.82) is 0 Å². The predicted octanol–water partition coefficient (Wildman–Crippen LogP) is 0.627. The molecule has 0 bridgehead atoms. The van der Waals surface area contributed by atoms with Crippen LogP contribution in [0, 0.1) is 0 Å². The summed E-state index contributed by atoms with van der Waals surface area (Å²) in [5.74, 6) is 0.535. The van der Waals surface area contributed by atoms with Crippen LogP contribution >= 0.6 is 0 Å². The Morgan fingerprint density at radius 2 is 2.15 bits per heavy atom. The first-order valence-electron chi connectivity index (χ1n) is 3.82. The first kappa shape index (κ1) is 7.67. The maximum Gasteiger partial charge on any atom is 0.256 e. The van der Waals surface area contributed by atoms with E-state index in [9.17, 15) is 4.79 Å². The second-order valence-corrected chi connectivity index (χ2v) is 2.47. The van der Waals surface area contributed by atoms with E-state index in [1.165, 1.54) is 10.6 Å². The average molecular weight is 173 g/mol. The second kappa shape index (κ2) is 3.18. The van der Waals surface area contributed by atoms with Crippen LogP contribution in [0.2, 0.25) is 0 Å². The van der Waals surface area contributed by atoms with Crippen molar-refractivity contribution < 1.29 is 0 Å². The zero-order chi connectivity index (χ0) is 9.10. The Kier molecular flexibility index (Phi) is 1.88. The Morgan fingerprint density at radius 1 is 1.23 bits per heavy atom. The predicted molar refractivity (Wildman–Crippen MR) is 47.6 cm³/mol. The van der Waals surface area contributed by atoms with E-state index in [0.29, 0.717) is 5.82 Å². The van der Waals surface area contributed by atoms with Crippen molar-refractivity contribution in [3.8, 4) is 5.82 Å². The Balaban J connectivity index is 2.60. The lowest BCUT2D eigenvalue weighted by atomic mass is 10.4. The van der Waals surface area contributed by atoms with Gasteiger partial charge in [-0.05, 0) is 6.07 Å². The lowest BCUT2D eigenvalue weighted by Gasteiger charge is -2.00. The van der Waals surface area contributed by atoms with Gasteiger partial charge in [-0.1, -0.05) is 6.07 Å². The molecule has 0 amide bonds. The number of pyridine rings is 1. The van der Waals surface area contributed by atoms with Crippen molar-refractivity contribution in [1.82, 2.24) is 14.5 Å². The third-order valence-corrected chi connectivity index (χ3v) is 1.62. The van der Waals surface area contributed by atoms with Gasteiger partial charge in [0.05, 0.1) is 6.20 Å². The van der Waals surface area contributed by atoms with E-state index in [2.05, 4.69) is 9.97 Å². The molecule has 0 spiro atoms. The molecule has 4 nitrogen and oxygen atoms in total. The molecular weight excluding hydrogens is 166 g/mol. The maximum atomic E-state index is 11.3. The van der Waals surface area contributed by atoms with Gasteiger partial charge in [-0.15, -0.1) is 0 Å². The fraction of sp³-hybridized carbons (Fsp3) is 0. The number of hydrogen-bond acceptors (Lipinski definition) is 3. The molecule has 4 heteroatoms. The second-order valence-electron chi connectivity index (χ2n) is 2.47. The van der Waals surface area contributed by atoms with Crippen LogP contribution in [0.15, 0.2) is 47.8 Å². The van der Waals surface area contributed by atoms with E-state index in [-0.39, 0.29) is 5.56 Å². The molecule has 0 aromatic carbocycles. The molecule has 2 heterocycles. The molecule has 13 heavy (non-hydrogen) atoms. The highest BCUT2D eigenvalue weighted by molar-refractivity contribution is 5.17. The number of nitrogens with zero attached hydrogens (tertiary/aromatic N) is 3. The Labute approximate surface area is 74.5 Å². The van der Waals surface area contributed by atoms with Crippen LogP contribution in [0.25, 0.3) is 5.82 Å². The summed E-state index contributed by atoms with van der Waals surface area (Å²) in [4.78, 5) is 19.2. The minimum absolute atomic E-state index is 0.108. The Bertz CT molecular complexity index is 450. The monoisotopic (exact) mass is 173 g/mol. The van der Waals surface area contributed by atoms with Crippen LogP contribution in [-0.4, -0.2) is 14.5 Å². The maximum absolute atomic E-state index is 11.3. The lowest BCUT2D eigenvalue weighted by molar-refractivity contribution is 0.925. The summed E-state index contributed by atoms with van der Waals surface area (Å²) in [6.07, 6.45) is 6.32. The Hall–Kier alpha value is -1.97. The van der Waals surface area contributed by atoms with Crippen LogP contribution in [0.3, 0.4) is 0 Å². The first-order chi connectivity index (χ1) is 6.38. The molecule has 0 saturated heterocycles. The lowest BCUT2D eigenvalue weighted by Crippen LogP contribution is -2.16. The number of hydrogen-bond donors (Lipinski definition) is 0. The minimum Gasteiger partial charge on any atom is -0.269 e. The van der Waals surface area contributed by atoms with Gasteiger partial charge < -0.3 is 0 Å². The van der Waals surface area contributed by atoms with Gasteiger partial charge in [0.2, 0.25) is 0 Å². The fourth-order valence-electron chi connectivity index (χ4n) is 1.03. The van der Waals surface area contributed by atoms with Gasteiger partial charge in [0.1, 0.15) is 0 Å². The van der Waals surface area contributed by atoms with Crippen molar-refractivity contribution in [2.24, 2.45) is 0 Å². The normalized spacial score (nSPS) is 9.85. The SMILES string of the molecule is O=c1ccccn1-c1cnccn1. The summed E-state index contributed by atoms with van der Waals surface area (Å²) in [5.41, 5.74) is -0.108. The summed E-state index contributed by atoms with van der Waals surface area (Å²) in [6.45, 7) is 0. The smallest absolute Gasteiger partial charge is 0.256 e. The topological polar surface area (TPSA) is 47.8 Å². The van der Waals surface area contributed by atoms with Crippen molar-refractivity contribution >= 4 is 0 Å². The minimum atomic E-state index is -0.108. The standard InChI is InChI=1S/C9H7N3O/c13-9-3-1-2-6-12(9)8-7-10-4-5-11-8/h1-7H. The summed E-state index contributed by atoms with van der Waals surface area (Å²) < 4.78 is 1.44. The summed E-state index contributed by atoms with van der Waals surface area (Å²) in [6, 6.07) is 4.94. The zero-order valence-corrected chi connectivity index (χ0v) is 6.79. The van der Waals surface area contributed by atoms with Gasteiger partial charge in [-0.3, -0.25) is 14.3 Å². The average Bonchev–Trinajstić information content (AvgIpc) is 2.20. The van der Waals surface area contributed by atoms with Gasteiger partial charge in [0.15, 0.2) is 5.82 Å². The molecule has 64 valence electrons. The highest BCUT2D eigenvalue weighted by Crippen LogP contribution is 1.95. The van der Waals surface area contributed by atoms with Crippen molar-refractivity contribution in [3.05, 3.63) is 53.3 Å². The van der Waals surface area contributed by atoms with Crippen LogP contribution in [0.5, 0.6) is 0 Å². The molecule has 0 radical (unpaired) electrons. The number of aromatic nitrogens is 3. The van der Waals surface area contributed by atoms with Crippen molar-refractivity contribution in [2.45, 2.75) is 0 Å². The van der Waals surface area contributed by atoms with Crippen LogP contribution in [0.4, 0.5) is 0 Å². The quantitative estimate of drug-likeness (QED) is 0.635. The summed E-state index contributed by atoms with van der Waals surface area (Å²) in [5, 5.41) is 0. The first-order valence-corrected chi connectivity index (χ1v) is 3.82.